The highest BCUT2D eigenvalue weighted by atomic mass is 19.1. The number of likely N-dealkylation sites (tertiary alicyclic amines) is 1. The Morgan fingerprint density at radius 3 is 2.40 bits per heavy atom. The second-order valence-corrected chi connectivity index (χ2v) is 11.6. The van der Waals surface area contributed by atoms with E-state index in [1.165, 1.54) is 17.7 Å². The number of carboxylic acids is 1. The number of carboxylic acid groups (broad SMARTS) is 1. The number of pyridine rings is 1. The second-order valence-electron chi connectivity index (χ2n) is 11.6. The van der Waals surface area contributed by atoms with Crippen LogP contribution in [0.3, 0.4) is 0 Å². The topological polar surface area (TPSA) is 74.7 Å². The molecule has 0 aliphatic carbocycles. The molecule has 45 heavy (non-hydrogen) atoms. The number of carbonyl (C=O) groups is 1. The zero-order valence-electron chi connectivity index (χ0n) is 26.1. The summed E-state index contributed by atoms with van der Waals surface area (Å²) >= 11 is 0. The van der Waals surface area contributed by atoms with E-state index in [9.17, 15) is 9.18 Å². The zero-order valence-corrected chi connectivity index (χ0v) is 26.1. The third kappa shape index (κ3) is 8.67. The van der Waals surface area contributed by atoms with Crippen LogP contribution < -0.4 is 10.1 Å². The maximum atomic E-state index is 14.4. The summed E-state index contributed by atoms with van der Waals surface area (Å²) < 4.78 is 20.3. The van der Waals surface area contributed by atoms with Crippen molar-refractivity contribution in [3.05, 3.63) is 131 Å². The van der Waals surface area contributed by atoms with Gasteiger partial charge in [-0.3, -0.25) is 9.88 Å². The maximum absolute atomic E-state index is 14.4. The van der Waals surface area contributed by atoms with Crippen molar-refractivity contribution >= 4 is 28.2 Å². The molecule has 0 spiro atoms. The van der Waals surface area contributed by atoms with E-state index in [1.807, 2.05) is 56.3 Å². The SMILES string of the molecule is Cc1cc(Nc2cc(F)cc(OCCN3CCC(c4ccccc4)CC3)c2)c2ccccc2n1.Cc1ccc(C(=O)O)c(C)c1. The number of para-hydroxylation sites is 1. The summed E-state index contributed by atoms with van der Waals surface area (Å²) in [7, 11) is 0. The largest absolute Gasteiger partial charge is 0.492 e. The Morgan fingerprint density at radius 2 is 1.67 bits per heavy atom. The van der Waals surface area contributed by atoms with Crippen LogP contribution in [0.15, 0.2) is 97.1 Å². The molecule has 1 fully saturated rings. The molecule has 0 saturated carbocycles. The molecule has 0 unspecified atom stereocenters. The van der Waals surface area contributed by atoms with E-state index in [0.29, 0.717) is 29.5 Å². The Balaban J connectivity index is 0.000000309. The smallest absolute Gasteiger partial charge is 0.335 e. The van der Waals surface area contributed by atoms with Crippen molar-refractivity contribution in [3.8, 4) is 5.75 Å². The van der Waals surface area contributed by atoms with Crippen molar-refractivity contribution < 1.29 is 19.0 Å². The van der Waals surface area contributed by atoms with Gasteiger partial charge in [-0.15, -0.1) is 0 Å². The summed E-state index contributed by atoms with van der Waals surface area (Å²) in [6.45, 7) is 9.21. The van der Waals surface area contributed by atoms with E-state index < -0.39 is 5.97 Å². The lowest BCUT2D eigenvalue weighted by Crippen LogP contribution is -2.35. The van der Waals surface area contributed by atoms with Gasteiger partial charge in [-0.2, -0.15) is 0 Å². The number of anilines is 2. The van der Waals surface area contributed by atoms with Crippen molar-refractivity contribution in [1.29, 1.82) is 0 Å². The molecule has 4 aromatic carbocycles. The molecular weight excluding hydrogens is 565 g/mol. The number of aryl methyl sites for hydroxylation is 3. The minimum atomic E-state index is -0.859. The van der Waals surface area contributed by atoms with E-state index in [4.69, 9.17) is 9.84 Å². The molecular formula is C38H40FN3O3. The highest BCUT2D eigenvalue weighted by Crippen LogP contribution is 2.30. The lowest BCUT2D eigenvalue weighted by molar-refractivity contribution is 0.0696. The van der Waals surface area contributed by atoms with Crippen molar-refractivity contribution in [2.24, 2.45) is 0 Å². The highest BCUT2D eigenvalue weighted by molar-refractivity contribution is 5.93. The molecule has 1 saturated heterocycles. The second kappa shape index (κ2) is 14.8. The van der Waals surface area contributed by atoms with E-state index in [1.54, 1.807) is 19.1 Å². The van der Waals surface area contributed by atoms with Crippen LogP contribution in [0, 0.1) is 26.6 Å². The number of fused-ring (bicyclic) bond motifs is 1. The first kappa shape index (κ1) is 31.7. The Morgan fingerprint density at radius 1 is 0.933 bits per heavy atom. The van der Waals surface area contributed by atoms with Crippen LogP contribution in [0.5, 0.6) is 5.75 Å². The van der Waals surface area contributed by atoms with Crippen LogP contribution in [0.2, 0.25) is 0 Å². The Bertz CT molecular complexity index is 1750. The van der Waals surface area contributed by atoms with Crippen LogP contribution in [-0.4, -0.2) is 47.2 Å². The standard InChI is InChI=1S/C29H30FN3O.C9H10O2/c1-21-17-29(27-9-5-6-10-28(27)31-21)32-25-18-24(30)19-26(20-25)34-16-15-33-13-11-23(12-14-33)22-7-3-2-4-8-22;1-6-3-4-8(9(10)11)7(2)5-6/h2-10,17-20,23H,11-16H2,1H3,(H,31,32);3-5H,1-2H3,(H,10,11). The molecule has 1 aliphatic rings. The normalized spacial score (nSPS) is 13.6. The molecule has 0 bridgehead atoms. The number of hydrogen-bond acceptors (Lipinski definition) is 5. The maximum Gasteiger partial charge on any atom is 0.335 e. The van der Waals surface area contributed by atoms with Gasteiger partial charge in [0.2, 0.25) is 0 Å². The lowest BCUT2D eigenvalue weighted by Gasteiger charge is -2.32. The summed E-state index contributed by atoms with van der Waals surface area (Å²) in [5.74, 6) is 0.00105. The van der Waals surface area contributed by atoms with Crippen LogP contribution in [-0.2, 0) is 0 Å². The van der Waals surface area contributed by atoms with Crippen molar-refractivity contribution in [2.45, 2.75) is 39.5 Å². The van der Waals surface area contributed by atoms with E-state index >= 15 is 0 Å². The summed E-state index contributed by atoms with van der Waals surface area (Å²) in [6.07, 6.45) is 2.33. The first-order valence-electron chi connectivity index (χ1n) is 15.4. The van der Waals surface area contributed by atoms with Crippen LogP contribution in [0.1, 0.15) is 51.5 Å². The number of aromatic nitrogens is 1. The van der Waals surface area contributed by atoms with Gasteiger partial charge in [0.1, 0.15) is 18.2 Å². The van der Waals surface area contributed by atoms with Gasteiger partial charge in [-0.05, 0) is 88.0 Å². The Kier molecular flexibility index (Phi) is 10.4. The van der Waals surface area contributed by atoms with E-state index in [0.717, 1.165) is 65.9 Å². The number of ether oxygens (including phenoxy) is 1. The van der Waals surface area contributed by atoms with Crippen LogP contribution >= 0.6 is 0 Å². The molecule has 6 nitrogen and oxygen atoms in total. The number of hydrogen-bond donors (Lipinski definition) is 2. The Hall–Kier alpha value is -4.75. The monoisotopic (exact) mass is 605 g/mol. The zero-order chi connectivity index (χ0) is 31.8. The fourth-order valence-corrected chi connectivity index (χ4v) is 5.85. The molecule has 1 aromatic heterocycles. The third-order valence-corrected chi connectivity index (χ3v) is 8.14. The molecule has 2 N–H and O–H groups in total. The van der Waals surface area contributed by atoms with Crippen molar-refractivity contribution in [1.82, 2.24) is 9.88 Å². The number of rotatable bonds is 8. The molecule has 7 heteroatoms. The molecule has 0 amide bonds. The third-order valence-electron chi connectivity index (χ3n) is 8.14. The summed E-state index contributed by atoms with van der Waals surface area (Å²) in [4.78, 5) is 17.5. The molecule has 0 radical (unpaired) electrons. The fourth-order valence-electron chi connectivity index (χ4n) is 5.85. The van der Waals surface area contributed by atoms with E-state index in [2.05, 4.69) is 45.5 Å². The quantitative estimate of drug-likeness (QED) is 0.184. The molecule has 6 rings (SSSR count). The molecule has 2 heterocycles. The molecule has 5 aromatic rings. The first-order chi connectivity index (χ1) is 21.7. The van der Waals surface area contributed by atoms with Gasteiger partial charge >= 0.3 is 5.97 Å². The van der Waals surface area contributed by atoms with Crippen molar-refractivity contribution in [2.75, 3.05) is 31.6 Å². The predicted octanol–water partition coefficient (Wildman–Crippen LogP) is 8.69. The average molecular weight is 606 g/mol. The van der Waals surface area contributed by atoms with E-state index in [-0.39, 0.29) is 5.82 Å². The number of nitrogens with zero attached hydrogens (tertiary/aromatic N) is 2. The lowest BCUT2D eigenvalue weighted by atomic mass is 9.89. The van der Waals surface area contributed by atoms with Crippen LogP contribution in [0.25, 0.3) is 10.9 Å². The number of benzene rings is 4. The van der Waals surface area contributed by atoms with Crippen LogP contribution in [0.4, 0.5) is 15.8 Å². The number of aromatic carboxylic acids is 1. The van der Waals surface area contributed by atoms with Crippen molar-refractivity contribution in [3.63, 3.8) is 0 Å². The minimum absolute atomic E-state index is 0.321. The highest BCUT2D eigenvalue weighted by Gasteiger charge is 2.20. The first-order valence-corrected chi connectivity index (χ1v) is 15.4. The number of halogens is 1. The molecule has 0 atom stereocenters. The Labute approximate surface area is 264 Å². The van der Waals surface area contributed by atoms with Gasteiger partial charge in [0.15, 0.2) is 0 Å². The predicted molar refractivity (Wildman–Crippen MR) is 179 cm³/mol. The van der Waals surface area contributed by atoms with Gasteiger partial charge in [0.25, 0.3) is 0 Å². The summed E-state index contributed by atoms with van der Waals surface area (Å²) in [5.41, 5.74) is 7.12. The fraction of sp³-hybridized carbons (Fsp3) is 0.263. The number of nitrogens with one attached hydrogen (secondary N) is 1. The van der Waals surface area contributed by atoms with Gasteiger partial charge in [-0.25, -0.2) is 9.18 Å². The van der Waals surface area contributed by atoms with Gasteiger partial charge in [-0.1, -0.05) is 66.2 Å². The molecule has 1 aliphatic heterocycles. The minimum Gasteiger partial charge on any atom is -0.492 e. The van der Waals surface area contributed by atoms with Gasteiger partial charge in [0.05, 0.1) is 11.1 Å². The average Bonchev–Trinajstić information content (AvgIpc) is 3.02. The summed E-state index contributed by atoms with van der Waals surface area (Å²) in [5, 5.41) is 13.0. The van der Waals surface area contributed by atoms with Gasteiger partial charge < -0.3 is 15.2 Å². The summed E-state index contributed by atoms with van der Waals surface area (Å²) in [6, 6.07) is 30.8. The number of piperidine rings is 1. The van der Waals surface area contributed by atoms with Gasteiger partial charge in [0, 0.05) is 41.1 Å². The molecule has 232 valence electrons.